The molecular weight excluding hydrogens is 277 g/mol. The van der Waals surface area contributed by atoms with Gasteiger partial charge in [0.2, 0.25) is 0 Å². The fourth-order valence-electron chi connectivity index (χ4n) is 2.65. The molecule has 2 rings (SSSR count). The number of hydrogen-bond donors (Lipinski definition) is 1. The summed E-state index contributed by atoms with van der Waals surface area (Å²) in [6, 6.07) is 1.01. The Morgan fingerprint density at radius 2 is 1.70 bits per heavy atom. The van der Waals surface area contributed by atoms with Gasteiger partial charge in [0.25, 0.3) is 0 Å². The van der Waals surface area contributed by atoms with Crippen molar-refractivity contribution >= 4 is 5.69 Å². The number of rotatable bonds is 2. The highest BCUT2D eigenvalue weighted by atomic mass is 19.4. The molecule has 1 saturated carbocycles. The topological polar surface area (TPSA) is 12.0 Å². The van der Waals surface area contributed by atoms with Gasteiger partial charge >= 0.3 is 6.18 Å². The molecule has 0 radical (unpaired) electrons. The summed E-state index contributed by atoms with van der Waals surface area (Å²) in [7, 11) is 0. The zero-order valence-corrected chi connectivity index (χ0v) is 11.0. The zero-order valence-electron chi connectivity index (χ0n) is 11.0. The molecule has 1 aromatic carbocycles. The van der Waals surface area contributed by atoms with Crippen molar-refractivity contribution < 1.29 is 22.0 Å². The molecule has 0 spiro atoms. The number of hydrogen-bond acceptors (Lipinski definition) is 1. The van der Waals surface area contributed by atoms with Crippen LogP contribution in [0.5, 0.6) is 0 Å². The zero-order chi connectivity index (χ0) is 14.9. The summed E-state index contributed by atoms with van der Waals surface area (Å²) in [6.07, 6.45) is -2.83. The first-order valence-corrected chi connectivity index (χ1v) is 6.58. The van der Waals surface area contributed by atoms with Crippen LogP contribution >= 0.6 is 0 Å². The predicted molar refractivity (Wildman–Crippen MR) is 66.5 cm³/mol. The Balaban J connectivity index is 2.21. The summed E-state index contributed by atoms with van der Waals surface area (Å²) < 4.78 is 65.9. The SMILES string of the molecule is Cc1cc(F)c(NC2CCCCC2C(F)(F)F)cc1F. The highest BCUT2D eigenvalue weighted by Gasteiger charge is 2.45. The van der Waals surface area contributed by atoms with Gasteiger partial charge in [0.05, 0.1) is 11.6 Å². The Kier molecular flexibility index (Phi) is 4.20. The van der Waals surface area contributed by atoms with E-state index in [-0.39, 0.29) is 17.7 Å². The molecule has 6 heteroatoms. The van der Waals surface area contributed by atoms with Crippen LogP contribution in [-0.2, 0) is 0 Å². The molecule has 0 heterocycles. The number of halogens is 5. The molecular formula is C14H16F5N. The largest absolute Gasteiger partial charge is 0.393 e. The van der Waals surface area contributed by atoms with Gasteiger partial charge in [-0.1, -0.05) is 12.8 Å². The van der Waals surface area contributed by atoms with E-state index in [0.29, 0.717) is 19.3 Å². The number of nitrogens with one attached hydrogen (secondary N) is 1. The number of anilines is 1. The highest BCUT2D eigenvalue weighted by molar-refractivity contribution is 5.48. The Bertz CT molecular complexity index is 483. The molecule has 0 saturated heterocycles. The molecule has 2 atom stereocenters. The Labute approximate surface area is 114 Å². The van der Waals surface area contributed by atoms with Crippen molar-refractivity contribution in [3.63, 3.8) is 0 Å². The van der Waals surface area contributed by atoms with E-state index in [9.17, 15) is 22.0 Å². The maximum Gasteiger partial charge on any atom is 0.393 e. The second-order valence-electron chi connectivity index (χ2n) is 5.26. The van der Waals surface area contributed by atoms with E-state index in [2.05, 4.69) is 5.32 Å². The van der Waals surface area contributed by atoms with Crippen molar-refractivity contribution in [2.24, 2.45) is 5.92 Å². The van der Waals surface area contributed by atoms with E-state index >= 15 is 0 Å². The van der Waals surface area contributed by atoms with Gasteiger partial charge in [-0.3, -0.25) is 0 Å². The standard InChI is InChI=1S/C14H16F5N/c1-8-6-11(16)13(7-10(8)15)20-12-5-3-2-4-9(12)14(17,18)19/h6-7,9,12,20H,2-5H2,1H3. The third-order valence-electron chi connectivity index (χ3n) is 3.78. The smallest absolute Gasteiger partial charge is 0.379 e. The Hall–Kier alpha value is -1.33. The third kappa shape index (κ3) is 3.22. The van der Waals surface area contributed by atoms with E-state index in [1.807, 2.05) is 0 Å². The van der Waals surface area contributed by atoms with Crippen LogP contribution in [0, 0.1) is 24.5 Å². The van der Waals surface area contributed by atoms with Crippen molar-refractivity contribution in [3.05, 3.63) is 29.3 Å². The van der Waals surface area contributed by atoms with Crippen LogP contribution in [0.15, 0.2) is 12.1 Å². The highest BCUT2D eigenvalue weighted by Crippen LogP contribution is 2.39. The summed E-state index contributed by atoms with van der Waals surface area (Å²) in [5, 5.41) is 2.54. The van der Waals surface area contributed by atoms with Gasteiger partial charge in [-0.2, -0.15) is 13.2 Å². The lowest BCUT2D eigenvalue weighted by molar-refractivity contribution is -0.184. The van der Waals surface area contributed by atoms with Crippen LogP contribution in [0.2, 0.25) is 0 Å². The van der Waals surface area contributed by atoms with Crippen LogP contribution in [-0.4, -0.2) is 12.2 Å². The van der Waals surface area contributed by atoms with Crippen molar-refractivity contribution in [1.82, 2.24) is 0 Å². The molecule has 0 aliphatic heterocycles. The van der Waals surface area contributed by atoms with Crippen LogP contribution in [0.25, 0.3) is 0 Å². The molecule has 1 N–H and O–H groups in total. The average Bonchev–Trinajstić information content (AvgIpc) is 2.35. The number of benzene rings is 1. The van der Waals surface area contributed by atoms with Gasteiger partial charge in [-0.25, -0.2) is 8.78 Å². The minimum atomic E-state index is -4.32. The van der Waals surface area contributed by atoms with E-state index < -0.39 is 29.8 Å². The Morgan fingerprint density at radius 3 is 2.35 bits per heavy atom. The quantitative estimate of drug-likeness (QED) is 0.772. The summed E-state index contributed by atoms with van der Waals surface area (Å²) in [4.78, 5) is 0. The maximum absolute atomic E-state index is 13.7. The predicted octanol–water partition coefficient (Wildman–Crippen LogP) is 4.81. The van der Waals surface area contributed by atoms with E-state index in [1.54, 1.807) is 0 Å². The summed E-state index contributed by atoms with van der Waals surface area (Å²) in [5.74, 6) is -2.87. The molecule has 1 aromatic rings. The fourth-order valence-corrected chi connectivity index (χ4v) is 2.65. The third-order valence-corrected chi connectivity index (χ3v) is 3.78. The molecule has 0 amide bonds. The monoisotopic (exact) mass is 293 g/mol. The molecule has 1 fully saturated rings. The Morgan fingerprint density at radius 1 is 1.05 bits per heavy atom. The van der Waals surface area contributed by atoms with Crippen LogP contribution in [0.3, 0.4) is 0 Å². The summed E-state index contributed by atoms with van der Waals surface area (Å²) in [6.45, 7) is 1.40. The second kappa shape index (κ2) is 5.58. The van der Waals surface area contributed by atoms with Gasteiger partial charge in [0, 0.05) is 12.1 Å². The normalized spacial score (nSPS) is 23.7. The minimum Gasteiger partial charge on any atom is -0.379 e. The van der Waals surface area contributed by atoms with Crippen molar-refractivity contribution in [3.8, 4) is 0 Å². The minimum absolute atomic E-state index is 0.0249. The molecule has 0 aromatic heterocycles. The van der Waals surface area contributed by atoms with Crippen LogP contribution in [0.4, 0.5) is 27.6 Å². The number of aryl methyl sites for hydroxylation is 1. The first kappa shape index (κ1) is 15.1. The van der Waals surface area contributed by atoms with Crippen LogP contribution in [0.1, 0.15) is 31.2 Å². The lowest BCUT2D eigenvalue weighted by Crippen LogP contribution is -2.41. The summed E-state index contributed by atoms with van der Waals surface area (Å²) >= 11 is 0. The maximum atomic E-state index is 13.7. The lowest BCUT2D eigenvalue weighted by atomic mass is 9.84. The first-order chi connectivity index (χ1) is 9.29. The second-order valence-corrected chi connectivity index (χ2v) is 5.26. The van der Waals surface area contributed by atoms with E-state index in [4.69, 9.17) is 0 Å². The molecule has 112 valence electrons. The van der Waals surface area contributed by atoms with Gasteiger partial charge in [0.15, 0.2) is 0 Å². The average molecular weight is 293 g/mol. The van der Waals surface area contributed by atoms with E-state index in [0.717, 1.165) is 12.1 Å². The van der Waals surface area contributed by atoms with Gasteiger partial charge in [0.1, 0.15) is 11.6 Å². The van der Waals surface area contributed by atoms with E-state index in [1.165, 1.54) is 6.92 Å². The molecule has 20 heavy (non-hydrogen) atoms. The molecule has 0 bridgehead atoms. The van der Waals surface area contributed by atoms with Crippen molar-refractivity contribution in [2.45, 2.75) is 44.8 Å². The first-order valence-electron chi connectivity index (χ1n) is 6.58. The van der Waals surface area contributed by atoms with Gasteiger partial charge < -0.3 is 5.32 Å². The van der Waals surface area contributed by atoms with Crippen molar-refractivity contribution in [2.75, 3.05) is 5.32 Å². The summed E-state index contributed by atoms with van der Waals surface area (Å²) in [5.41, 5.74) is -0.0710. The van der Waals surface area contributed by atoms with Gasteiger partial charge in [-0.05, 0) is 31.4 Å². The van der Waals surface area contributed by atoms with Crippen LogP contribution < -0.4 is 5.32 Å². The number of alkyl halides is 3. The van der Waals surface area contributed by atoms with Crippen molar-refractivity contribution in [1.29, 1.82) is 0 Å². The fraction of sp³-hybridized carbons (Fsp3) is 0.571. The molecule has 1 aliphatic rings. The molecule has 1 aliphatic carbocycles. The van der Waals surface area contributed by atoms with Gasteiger partial charge in [-0.15, -0.1) is 0 Å². The molecule has 1 nitrogen and oxygen atoms in total. The lowest BCUT2D eigenvalue weighted by Gasteiger charge is -2.34. The molecule has 2 unspecified atom stereocenters.